The molecule has 5 aromatic carbocycles. The number of aromatic nitrogens is 2. The standard InChI is InChI=1S/C41H28N2O/c1-25-6-4-10-36-38(25)33-21-20-31(24-37(33)44-36)28-13-11-26(12-14-28)27-15-17-29(18-16-27)39-32-8-2-3-9-35(32)43-41-34(39)22-19-30-7-5-23-42-40(30)41/h2-5,7-25H,6H2,1H3. The highest BCUT2D eigenvalue weighted by molar-refractivity contribution is 6.15. The minimum atomic E-state index is 0.487. The summed E-state index contributed by atoms with van der Waals surface area (Å²) in [5.74, 6) is 1.49. The zero-order chi connectivity index (χ0) is 29.2. The van der Waals surface area contributed by atoms with E-state index in [-0.39, 0.29) is 0 Å². The number of pyridine rings is 2. The largest absolute Gasteiger partial charge is 0.456 e. The molecule has 0 saturated carbocycles. The van der Waals surface area contributed by atoms with Gasteiger partial charge in [-0.05, 0) is 64.4 Å². The van der Waals surface area contributed by atoms with Crippen LogP contribution in [0.3, 0.4) is 0 Å². The minimum Gasteiger partial charge on any atom is -0.456 e. The first-order chi connectivity index (χ1) is 21.7. The minimum absolute atomic E-state index is 0.487. The van der Waals surface area contributed by atoms with Crippen molar-refractivity contribution in [3.05, 3.63) is 139 Å². The Bertz CT molecular complexity index is 2410. The summed E-state index contributed by atoms with van der Waals surface area (Å²) in [7, 11) is 0. The maximum Gasteiger partial charge on any atom is 0.135 e. The van der Waals surface area contributed by atoms with Crippen molar-refractivity contribution in [1.82, 2.24) is 9.97 Å². The number of allylic oxidation sites excluding steroid dienone is 1. The van der Waals surface area contributed by atoms with Gasteiger partial charge in [0.15, 0.2) is 0 Å². The summed E-state index contributed by atoms with van der Waals surface area (Å²) >= 11 is 0. The Hall–Kier alpha value is -5.54. The van der Waals surface area contributed by atoms with Crippen molar-refractivity contribution in [3.8, 4) is 33.4 Å². The van der Waals surface area contributed by atoms with E-state index in [0.29, 0.717) is 5.92 Å². The molecule has 1 atom stereocenters. The number of nitrogens with zero attached hydrogens (tertiary/aromatic N) is 2. The first-order valence-electron chi connectivity index (χ1n) is 15.2. The number of rotatable bonds is 3. The van der Waals surface area contributed by atoms with Crippen LogP contribution in [0.15, 0.2) is 132 Å². The van der Waals surface area contributed by atoms with E-state index in [0.717, 1.165) is 50.5 Å². The van der Waals surface area contributed by atoms with Gasteiger partial charge in [-0.1, -0.05) is 110 Å². The van der Waals surface area contributed by atoms with E-state index in [1.54, 1.807) is 0 Å². The molecule has 1 aliphatic rings. The molecule has 0 amide bonds. The summed E-state index contributed by atoms with van der Waals surface area (Å²) in [6.45, 7) is 2.27. The predicted molar refractivity (Wildman–Crippen MR) is 183 cm³/mol. The fourth-order valence-electron chi connectivity index (χ4n) is 6.93. The maximum absolute atomic E-state index is 6.24. The Kier molecular flexibility index (Phi) is 5.54. The van der Waals surface area contributed by atoms with Crippen molar-refractivity contribution < 1.29 is 4.42 Å². The van der Waals surface area contributed by atoms with Crippen LogP contribution in [0.2, 0.25) is 0 Å². The van der Waals surface area contributed by atoms with Crippen molar-refractivity contribution >= 4 is 49.8 Å². The second-order valence-electron chi connectivity index (χ2n) is 11.8. The lowest BCUT2D eigenvalue weighted by atomic mass is 9.90. The average Bonchev–Trinajstić information content (AvgIpc) is 3.46. The molecule has 0 aliphatic heterocycles. The summed E-state index contributed by atoms with van der Waals surface area (Å²) in [5, 5.41) is 4.60. The predicted octanol–water partition coefficient (Wildman–Crippen LogP) is 11.2. The van der Waals surface area contributed by atoms with Gasteiger partial charge in [-0.3, -0.25) is 4.98 Å². The van der Waals surface area contributed by atoms with Gasteiger partial charge in [0.1, 0.15) is 11.3 Å². The molecular weight excluding hydrogens is 536 g/mol. The van der Waals surface area contributed by atoms with E-state index in [1.807, 2.05) is 18.3 Å². The number of fused-ring (bicyclic) bond motifs is 7. The molecule has 3 heteroatoms. The molecule has 0 N–H and O–H groups in total. The van der Waals surface area contributed by atoms with Crippen LogP contribution in [-0.4, -0.2) is 9.97 Å². The topological polar surface area (TPSA) is 38.9 Å². The molecule has 0 bridgehead atoms. The zero-order valence-corrected chi connectivity index (χ0v) is 24.3. The van der Waals surface area contributed by atoms with Gasteiger partial charge in [0.25, 0.3) is 0 Å². The van der Waals surface area contributed by atoms with Crippen LogP contribution in [-0.2, 0) is 0 Å². The van der Waals surface area contributed by atoms with Crippen molar-refractivity contribution in [3.63, 3.8) is 0 Å². The summed E-state index contributed by atoms with van der Waals surface area (Å²) in [4.78, 5) is 9.75. The summed E-state index contributed by atoms with van der Waals surface area (Å²) in [6.07, 6.45) is 7.24. The molecule has 0 radical (unpaired) electrons. The second-order valence-corrected chi connectivity index (χ2v) is 11.8. The average molecular weight is 565 g/mol. The third-order valence-corrected chi connectivity index (χ3v) is 9.16. The molecule has 8 aromatic rings. The smallest absolute Gasteiger partial charge is 0.135 e. The number of furan rings is 1. The molecule has 44 heavy (non-hydrogen) atoms. The van der Waals surface area contributed by atoms with Crippen molar-refractivity contribution in [2.24, 2.45) is 0 Å². The first kappa shape index (κ1) is 25.0. The van der Waals surface area contributed by atoms with Crippen LogP contribution in [0, 0.1) is 0 Å². The van der Waals surface area contributed by atoms with Crippen molar-refractivity contribution in [2.75, 3.05) is 0 Å². The highest BCUT2D eigenvalue weighted by Crippen LogP contribution is 2.40. The lowest BCUT2D eigenvalue weighted by Gasteiger charge is -2.13. The fraction of sp³-hybridized carbons (Fsp3) is 0.0732. The maximum atomic E-state index is 6.24. The Morgan fingerprint density at radius 2 is 1.34 bits per heavy atom. The van der Waals surface area contributed by atoms with Crippen LogP contribution in [0.1, 0.15) is 30.6 Å². The molecule has 1 aliphatic carbocycles. The normalized spacial score (nSPS) is 14.5. The highest BCUT2D eigenvalue weighted by Gasteiger charge is 2.21. The van der Waals surface area contributed by atoms with Gasteiger partial charge in [-0.25, -0.2) is 4.98 Å². The fourth-order valence-corrected chi connectivity index (χ4v) is 6.93. The van der Waals surface area contributed by atoms with Gasteiger partial charge in [0, 0.05) is 38.9 Å². The molecule has 0 fully saturated rings. The second kappa shape index (κ2) is 9.75. The Morgan fingerprint density at radius 1 is 0.636 bits per heavy atom. The highest BCUT2D eigenvalue weighted by atomic mass is 16.3. The Labute approximate surface area is 255 Å². The lowest BCUT2D eigenvalue weighted by molar-refractivity contribution is 0.586. The Balaban J connectivity index is 1.08. The summed E-state index contributed by atoms with van der Waals surface area (Å²) in [5.41, 5.74) is 12.2. The van der Waals surface area contributed by atoms with E-state index >= 15 is 0 Å². The summed E-state index contributed by atoms with van der Waals surface area (Å²) in [6, 6.07) is 41.2. The monoisotopic (exact) mass is 564 g/mol. The van der Waals surface area contributed by atoms with Gasteiger partial charge in [0.2, 0.25) is 0 Å². The number of para-hydroxylation sites is 1. The molecule has 0 spiro atoms. The molecule has 3 heterocycles. The number of hydrogen-bond acceptors (Lipinski definition) is 3. The quantitative estimate of drug-likeness (QED) is 0.158. The Morgan fingerprint density at radius 3 is 2.16 bits per heavy atom. The molecule has 9 rings (SSSR count). The van der Waals surface area contributed by atoms with Crippen LogP contribution in [0.4, 0.5) is 0 Å². The van der Waals surface area contributed by atoms with E-state index < -0.39 is 0 Å². The SMILES string of the molecule is CC1CC=Cc2oc3cc(-c4ccc(-c5ccc(-c6c7ccccc7nc7c6ccc6cccnc67)cc5)cc4)ccc3c21. The van der Waals surface area contributed by atoms with Crippen LogP contribution < -0.4 is 0 Å². The van der Waals surface area contributed by atoms with Crippen LogP contribution in [0.25, 0.3) is 83.1 Å². The van der Waals surface area contributed by atoms with Gasteiger partial charge >= 0.3 is 0 Å². The molecule has 3 nitrogen and oxygen atoms in total. The first-order valence-corrected chi connectivity index (χ1v) is 15.2. The third-order valence-electron chi connectivity index (χ3n) is 9.16. The van der Waals surface area contributed by atoms with Crippen LogP contribution >= 0.6 is 0 Å². The van der Waals surface area contributed by atoms with E-state index in [9.17, 15) is 0 Å². The molecule has 1 unspecified atom stereocenters. The third kappa shape index (κ3) is 3.90. The molecule has 3 aromatic heterocycles. The van der Waals surface area contributed by atoms with Gasteiger partial charge in [0.05, 0.1) is 16.6 Å². The van der Waals surface area contributed by atoms with Crippen molar-refractivity contribution in [2.45, 2.75) is 19.3 Å². The van der Waals surface area contributed by atoms with Gasteiger partial charge < -0.3 is 4.42 Å². The van der Waals surface area contributed by atoms with E-state index in [1.165, 1.54) is 44.3 Å². The van der Waals surface area contributed by atoms with Gasteiger partial charge in [-0.15, -0.1) is 0 Å². The van der Waals surface area contributed by atoms with Gasteiger partial charge in [-0.2, -0.15) is 0 Å². The van der Waals surface area contributed by atoms with E-state index in [4.69, 9.17) is 14.4 Å². The van der Waals surface area contributed by atoms with E-state index in [2.05, 4.69) is 122 Å². The van der Waals surface area contributed by atoms with Crippen molar-refractivity contribution in [1.29, 1.82) is 0 Å². The van der Waals surface area contributed by atoms with Crippen LogP contribution in [0.5, 0.6) is 0 Å². The molecular formula is C41H28N2O. The lowest BCUT2D eigenvalue weighted by Crippen LogP contribution is -1.96. The number of hydrogen-bond donors (Lipinski definition) is 0. The summed E-state index contributed by atoms with van der Waals surface area (Å²) < 4.78 is 6.24. The number of benzene rings is 5. The molecule has 208 valence electrons. The zero-order valence-electron chi connectivity index (χ0n) is 24.3. The molecule has 0 saturated heterocycles.